The molecular formula is C16H26N2O. The smallest absolute Gasteiger partial charge is 0.315 e. The fourth-order valence-corrected chi connectivity index (χ4v) is 1.94. The molecule has 3 heteroatoms. The number of rotatable bonds is 6. The molecule has 1 aromatic rings. The van der Waals surface area contributed by atoms with Crippen LogP contribution >= 0.6 is 0 Å². The molecule has 0 bridgehead atoms. The van der Waals surface area contributed by atoms with Gasteiger partial charge in [-0.3, -0.25) is 0 Å². The zero-order chi connectivity index (χ0) is 14.3. The van der Waals surface area contributed by atoms with Gasteiger partial charge in [-0.1, -0.05) is 44.2 Å². The quantitative estimate of drug-likeness (QED) is 0.802. The third-order valence-corrected chi connectivity index (χ3v) is 3.20. The van der Waals surface area contributed by atoms with Crippen LogP contribution in [0, 0.1) is 5.92 Å². The summed E-state index contributed by atoms with van der Waals surface area (Å²) in [6.07, 6.45) is 2.15. The Morgan fingerprint density at radius 2 is 1.63 bits per heavy atom. The first-order valence-corrected chi connectivity index (χ1v) is 7.11. The fraction of sp³-hybridized carbons (Fsp3) is 0.562. The lowest BCUT2D eigenvalue weighted by Crippen LogP contribution is -2.41. The van der Waals surface area contributed by atoms with Crippen LogP contribution in [0.15, 0.2) is 30.3 Å². The summed E-state index contributed by atoms with van der Waals surface area (Å²) in [5.74, 6) is 0.676. The Hall–Kier alpha value is -1.51. The van der Waals surface area contributed by atoms with Crippen LogP contribution < -0.4 is 10.6 Å². The highest BCUT2D eigenvalue weighted by Crippen LogP contribution is 2.11. The molecule has 2 unspecified atom stereocenters. The molecule has 0 spiro atoms. The van der Waals surface area contributed by atoms with Gasteiger partial charge in [-0.2, -0.15) is 0 Å². The molecule has 0 radical (unpaired) electrons. The van der Waals surface area contributed by atoms with E-state index in [0.29, 0.717) is 5.92 Å². The monoisotopic (exact) mass is 262 g/mol. The van der Waals surface area contributed by atoms with Crippen molar-refractivity contribution in [1.29, 1.82) is 0 Å². The van der Waals surface area contributed by atoms with Crippen molar-refractivity contribution in [2.45, 2.75) is 52.6 Å². The number of carbonyl (C=O) groups is 1. The summed E-state index contributed by atoms with van der Waals surface area (Å²) in [7, 11) is 0. The summed E-state index contributed by atoms with van der Waals surface area (Å²) in [5, 5.41) is 5.95. The maximum Gasteiger partial charge on any atom is 0.315 e. The lowest BCUT2D eigenvalue weighted by Gasteiger charge is -2.19. The van der Waals surface area contributed by atoms with Gasteiger partial charge < -0.3 is 10.6 Å². The fourth-order valence-electron chi connectivity index (χ4n) is 1.94. The van der Waals surface area contributed by atoms with Crippen molar-refractivity contribution in [3.63, 3.8) is 0 Å². The maximum atomic E-state index is 11.9. The van der Waals surface area contributed by atoms with E-state index in [0.717, 1.165) is 18.4 Å². The van der Waals surface area contributed by atoms with Crippen molar-refractivity contribution in [3.05, 3.63) is 35.9 Å². The van der Waals surface area contributed by atoms with E-state index in [1.165, 1.54) is 0 Å². The van der Waals surface area contributed by atoms with Crippen LogP contribution in [0.25, 0.3) is 0 Å². The van der Waals surface area contributed by atoms with E-state index in [1.54, 1.807) is 0 Å². The van der Waals surface area contributed by atoms with Crippen molar-refractivity contribution in [2.75, 3.05) is 0 Å². The summed E-state index contributed by atoms with van der Waals surface area (Å²) in [6, 6.07) is 10.1. The summed E-state index contributed by atoms with van der Waals surface area (Å²) in [5.41, 5.74) is 1.12. The van der Waals surface area contributed by atoms with E-state index in [2.05, 4.69) is 31.4 Å². The predicted molar refractivity (Wildman–Crippen MR) is 80.1 cm³/mol. The van der Waals surface area contributed by atoms with Crippen LogP contribution in [-0.2, 0) is 0 Å². The molecule has 0 aliphatic heterocycles. The summed E-state index contributed by atoms with van der Waals surface area (Å²) < 4.78 is 0. The van der Waals surface area contributed by atoms with Crippen LogP contribution in [0.1, 0.15) is 52.1 Å². The largest absolute Gasteiger partial charge is 0.336 e. The third kappa shape index (κ3) is 6.27. The molecule has 0 fully saturated rings. The average Bonchev–Trinajstić information content (AvgIpc) is 2.37. The first-order valence-electron chi connectivity index (χ1n) is 7.11. The van der Waals surface area contributed by atoms with Crippen molar-refractivity contribution in [3.8, 4) is 0 Å². The molecule has 1 rings (SSSR count). The molecule has 3 nitrogen and oxygen atoms in total. The Morgan fingerprint density at radius 3 is 2.21 bits per heavy atom. The van der Waals surface area contributed by atoms with Gasteiger partial charge in [0.15, 0.2) is 0 Å². The molecule has 2 amide bonds. The lowest BCUT2D eigenvalue weighted by molar-refractivity contribution is 0.233. The Morgan fingerprint density at radius 1 is 1.00 bits per heavy atom. The van der Waals surface area contributed by atoms with Gasteiger partial charge in [0.25, 0.3) is 0 Å². The first kappa shape index (κ1) is 15.5. The van der Waals surface area contributed by atoms with Crippen molar-refractivity contribution in [1.82, 2.24) is 10.6 Å². The minimum Gasteiger partial charge on any atom is -0.336 e. The van der Waals surface area contributed by atoms with Crippen molar-refractivity contribution < 1.29 is 4.79 Å². The zero-order valence-corrected chi connectivity index (χ0v) is 12.4. The van der Waals surface area contributed by atoms with Gasteiger partial charge in [0.2, 0.25) is 0 Å². The third-order valence-electron chi connectivity index (χ3n) is 3.20. The molecule has 19 heavy (non-hydrogen) atoms. The molecular weight excluding hydrogens is 236 g/mol. The average molecular weight is 262 g/mol. The molecule has 1 aromatic carbocycles. The molecule has 0 saturated carbocycles. The standard InChI is InChI=1S/C16H26N2O/c1-12(2)10-11-13(3)17-16(19)18-14(4)15-8-6-5-7-9-15/h5-9,12-14H,10-11H2,1-4H3,(H2,17,18,19). The summed E-state index contributed by atoms with van der Waals surface area (Å²) in [6.45, 7) is 8.44. The van der Waals surface area contributed by atoms with Crippen molar-refractivity contribution in [2.24, 2.45) is 5.92 Å². The van der Waals surface area contributed by atoms with Crippen LogP contribution in [0.5, 0.6) is 0 Å². The molecule has 0 aromatic heterocycles. The van der Waals surface area contributed by atoms with Gasteiger partial charge >= 0.3 is 6.03 Å². The number of hydrogen-bond donors (Lipinski definition) is 2. The van der Waals surface area contributed by atoms with Gasteiger partial charge in [-0.05, 0) is 38.2 Å². The Labute approximate surface area is 116 Å². The second-order valence-corrected chi connectivity index (χ2v) is 5.62. The Kier molecular flexibility index (Phi) is 6.40. The second-order valence-electron chi connectivity index (χ2n) is 5.62. The topological polar surface area (TPSA) is 41.1 Å². The molecule has 2 atom stereocenters. The summed E-state index contributed by atoms with van der Waals surface area (Å²) in [4.78, 5) is 11.9. The highest BCUT2D eigenvalue weighted by molar-refractivity contribution is 5.74. The van der Waals surface area contributed by atoms with Crippen LogP contribution in [0.4, 0.5) is 4.79 Å². The predicted octanol–water partition coefficient (Wildman–Crippen LogP) is 3.87. The van der Waals surface area contributed by atoms with Gasteiger partial charge in [-0.25, -0.2) is 4.79 Å². The maximum absolute atomic E-state index is 11.9. The number of carbonyl (C=O) groups excluding carboxylic acids is 1. The first-order chi connectivity index (χ1) is 8.99. The molecule has 0 aliphatic rings. The minimum absolute atomic E-state index is 0.0264. The molecule has 2 N–H and O–H groups in total. The van der Waals surface area contributed by atoms with Gasteiger partial charge in [0.05, 0.1) is 6.04 Å². The number of nitrogens with one attached hydrogen (secondary N) is 2. The van der Waals surface area contributed by atoms with Crippen molar-refractivity contribution >= 4 is 6.03 Å². The van der Waals surface area contributed by atoms with E-state index in [4.69, 9.17) is 0 Å². The number of hydrogen-bond acceptors (Lipinski definition) is 1. The van der Waals surface area contributed by atoms with E-state index in [1.807, 2.05) is 37.3 Å². The van der Waals surface area contributed by atoms with Gasteiger partial charge in [0, 0.05) is 6.04 Å². The molecule has 106 valence electrons. The Balaban J connectivity index is 2.34. The van der Waals surface area contributed by atoms with Gasteiger partial charge in [-0.15, -0.1) is 0 Å². The van der Waals surface area contributed by atoms with Crippen LogP contribution in [-0.4, -0.2) is 12.1 Å². The number of benzene rings is 1. The molecule has 0 heterocycles. The van der Waals surface area contributed by atoms with Crippen LogP contribution in [0.2, 0.25) is 0 Å². The zero-order valence-electron chi connectivity index (χ0n) is 12.4. The van der Waals surface area contributed by atoms with E-state index < -0.39 is 0 Å². The van der Waals surface area contributed by atoms with E-state index >= 15 is 0 Å². The molecule has 0 aliphatic carbocycles. The highest BCUT2D eigenvalue weighted by Gasteiger charge is 2.11. The normalized spacial score (nSPS) is 13.9. The second kappa shape index (κ2) is 7.82. The highest BCUT2D eigenvalue weighted by atomic mass is 16.2. The molecule has 0 saturated heterocycles. The summed E-state index contributed by atoms with van der Waals surface area (Å²) >= 11 is 0. The van der Waals surface area contributed by atoms with E-state index in [-0.39, 0.29) is 18.1 Å². The van der Waals surface area contributed by atoms with Crippen LogP contribution in [0.3, 0.4) is 0 Å². The minimum atomic E-state index is -0.0902. The lowest BCUT2D eigenvalue weighted by atomic mass is 10.0. The SMILES string of the molecule is CC(C)CCC(C)NC(=O)NC(C)c1ccccc1. The number of amides is 2. The van der Waals surface area contributed by atoms with E-state index in [9.17, 15) is 4.79 Å². The number of urea groups is 1. The van der Waals surface area contributed by atoms with Gasteiger partial charge in [0.1, 0.15) is 0 Å². The Bertz CT molecular complexity index is 376.